The first-order chi connectivity index (χ1) is 13.5. The fourth-order valence-electron chi connectivity index (χ4n) is 3.34. The van der Waals surface area contributed by atoms with Gasteiger partial charge in [-0.05, 0) is 69.1 Å². The molecule has 1 aliphatic rings. The molecule has 1 fully saturated rings. The van der Waals surface area contributed by atoms with Gasteiger partial charge >= 0.3 is 5.97 Å². The van der Waals surface area contributed by atoms with E-state index in [1.165, 1.54) is 12.0 Å². The number of hydrogen-bond acceptors (Lipinski definition) is 5. The van der Waals surface area contributed by atoms with Gasteiger partial charge in [-0.25, -0.2) is 0 Å². The topological polar surface area (TPSA) is 51.1 Å². The van der Waals surface area contributed by atoms with Crippen LogP contribution in [0.2, 0.25) is 0 Å². The van der Waals surface area contributed by atoms with Crippen LogP contribution in [0, 0.1) is 6.92 Å². The molecule has 148 valence electrons. The molecule has 1 heterocycles. The van der Waals surface area contributed by atoms with E-state index in [0.717, 1.165) is 30.6 Å². The summed E-state index contributed by atoms with van der Waals surface area (Å²) in [6.07, 6.45) is 5.27. The molecule has 0 saturated carbocycles. The Labute approximate surface area is 167 Å². The number of esters is 1. The van der Waals surface area contributed by atoms with Gasteiger partial charge in [0.15, 0.2) is 11.5 Å². The SMILES string of the molecule is COc1cc(C=Nc2ccc(C)cc2)ccc1OC(=O)CN1CCCCC1C. The van der Waals surface area contributed by atoms with Gasteiger partial charge in [0, 0.05) is 12.3 Å². The summed E-state index contributed by atoms with van der Waals surface area (Å²) < 4.78 is 11.0. The number of aryl methyl sites for hydroxylation is 1. The van der Waals surface area contributed by atoms with Crippen LogP contribution in [0.25, 0.3) is 0 Å². The summed E-state index contributed by atoms with van der Waals surface area (Å²) in [4.78, 5) is 19.0. The Bertz CT molecular complexity index is 830. The normalized spacial score (nSPS) is 17.6. The van der Waals surface area contributed by atoms with Crippen LogP contribution in [0.15, 0.2) is 47.5 Å². The lowest BCUT2D eigenvalue weighted by molar-refractivity contribution is -0.136. The van der Waals surface area contributed by atoms with Gasteiger partial charge in [-0.2, -0.15) is 0 Å². The van der Waals surface area contributed by atoms with Crippen molar-refractivity contribution in [3.8, 4) is 11.5 Å². The van der Waals surface area contributed by atoms with Crippen molar-refractivity contribution in [2.24, 2.45) is 4.99 Å². The molecule has 1 aliphatic heterocycles. The molecule has 1 unspecified atom stereocenters. The summed E-state index contributed by atoms with van der Waals surface area (Å²) >= 11 is 0. The zero-order valence-electron chi connectivity index (χ0n) is 16.9. The molecule has 0 amide bonds. The third-order valence-corrected chi connectivity index (χ3v) is 5.08. The van der Waals surface area contributed by atoms with Crippen molar-refractivity contribution in [1.82, 2.24) is 4.90 Å². The van der Waals surface area contributed by atoms with E-state index in [2.05, 4.69) is 16.8 Å². The van der Waals surface area contributed by atoms with Crippen molar-refractivity contribution in [1.29, 1.82) is 0 Å². The average molecular weight is 380 g/mol. The highest BCUT2D eigenvalue weighted by atomic mass is 16.6. The Hall–Kier alpha value is -2.66. The van der Waals surface area contributed by atoms with Crippen LogP contribution in [0.1, 0.15) is 37.3 Å². The minimum absolute atomic E-state index is 0.256. The van der Waals surface area contributed by atoms with Crippen LogP contribution in [-0.4, -0.2) is 43.3 Å². The monoisotopic (exact) mass is 380 g/mol. The summed E-state index contributed by atoms with van der Waals surface area (Å²) in [5.41, 5.74) is 2.96. The van der Waals surface area contributed by atoms with E-state index in [-0.39, 0.29) is 5.97 Å². The molecule has 1 atom stereocenters. The maximum Gasteiger partial charge on any atom is 0.325 e. The van der Waals surface area contributed by atoms with E-state index in [4.69, 9.17) is 9.47 Å². The number of carbonyl (C=O) groups is 1. The number of aliphatic imine (C=N–C) groups is 1. The van der Waals surface area contributed by atoms with Crippen LogP contribution in [0.3, 0.4) is 0 Å². The van der Waals surface area contributed by atoms with Gasteiger partial charge in [-0.1, -0.05) is 24.1 Å². The fraction of sp³-hybridized carbons (Fsp3) is 0.391. The lowest BCUT2D eigenvalue weighted by Gasteiger charge is -2.32. The first kappa shape index (κ1) is 20.1. The van der Waals surface area contributed by atoms with Crippen LogP contribution in [-0.2, 0) is 4.79 Å². The van der Waals surface area contributed by atoms with Gasteiger partial charge in [0.05, 0.1) is 19.3 Å². The predicted octanol–water partition coefficient (Wildman–Crippen LogP) is 4.53. The summed E-state index contributed by atoms with van der Waals surface area (Å²) in [5.74, 6) is 0.700. The highest BCUT2D eigenvalue weighted by Gasteiger charge is 2.22. The number of methoxy groups -OCH3 is 1. The van der Waals surface area contributed by atoms with E-state index in [1.54, 1.807) is 19.4 Å². The van der Waals surface area contributed by atoms with Crippen LogP contribution in [0.5, 0.6) is 11.5 Å². The number of nitrogens with zero attached hydrogens (tertiary/aromatic N) is 2. The summed E-state index contributed by atoms with van der Waals surface area (Å²) in [6.45, 7) is 5.46. The van der Waals surface area contributed by atoms with Crippen LogP contribution >= 0.6 is 0 Å². The molecule has 0 radical (unpaired) electrons. The Kier molecular flexibility index (Phi) is 6.82. The summed E-state index contributed by atoms with van der Waals surface area (Å²) in [5, 5.41) is 0. The Morgan fingerprint density at radius 1 is 1.18 bits per heavy atom. The molecule has 0 N–H and O–H groups in total. The Morgan fingerprint density at radius 3 is 2.68 bits per heavy atom. The zero-order chi connectivity index (χ0) is 19.9. The van der Waals surface area contributed by atoms with Gasteiger partial charge in [-0.3, -0.25) is 14.7 Å². The number of hydrogen-bond donors (Lipinski definition) is 0. The quantitative estimate of drug-likeness (QED) is 0.420. The molecule has 1 saturated heterocycles. The molecule has 0 aromatic heterocycles. The smallest absolute Gasteiger partial charge is 0.325 e. The minimum atomic E-state index is -0.256. The average Bonchev–Trinajstić information content (AvgIpc) is 2.70. The first-order valence-electron chi connectivity index (χ1n) is 9.78. The lowest BCUT2D eigenvalue weighted by atomic mass is 10.0. The van der Waals surface area contributed by atoms with E-state index in [0.29, 0.717) is 24.1 Å². The van der Waals surface area contributed by atoms with Crippen LogP contribution in [0.4, 0.5) is 5.69 Å². The molecule has 28 heavy (non-hydrogen) atoms. The maximum atomic E-state index is 12.4. The molecular formula is C23H28N2O3. The summed E-state index contributed by atoms with van der Waals surface area (Å²) in [6, 6.07) is 13.9. The van der Waals surface area contributed by atoms with Crippen molar-refractivity contribution in [3.05, 3.63) is 53.6 Å². The molecule has 0 bridgehead atoms. The van der Waals surface area contributed by atoms with Gasteiger partial charge in [0.1, 0.15) is 0 Å². The van der Waals surface area contributed by atoms with Crippen molar-refractivity contribution >= 4 is 17.9 Å². The third kappa shape index (κ3) is 5.42. The molecule has 2 aromatic rings. The molecule has 2 aromatic carbocycles. The van der Waals surface area contributed by atoms with Crippen molar-refractivity contribution in [2.75, 3.05) is 20.2 Å². The second-order valence-corrected chi connectivity index (χ2v) is 7.29. The van der Waals surface area contributed by atoms with E-state index in [9.17, 15) is 4.79 Å². The Morgan fingerprint density at radius 2 is 1.96 bits per heavy atom. The minimum Gasteiger partial charge on any atom is -0.493 e. The van der Waals surface area contributed by atoms with Crippen molar-refractivity contribution in [3.63, 3.8) is 0 Å². The standard InChI is InChI=1S/C23H28N2O3/c1-17-7-10-20(11-8-17)24-15-19-9-12-21(22(14-19)27-3)28-23(26)16-25-13-5-4-6-18(25)2/h7-12,14-15,18H,4-6,13,16H2,1-3H3. The number of carbonyl (C=O) groups excluding carboxylic acids is 1. The number of piperidine rings is 1. The molecular weight excluding hydrogens is 352 g/mol. The van der Waals surface area contributed by atoms with Crippen molar-refractivity contribution < 1.29 is 14.3 Å². The van der Waals surface area contributed by atoms with Crippen molar-refractivity contribution in [2.45, 2.75) is 39.2 Å². The Balaban J connectivity index is 1.65. The highest BCUT2D eigenvalue weighted by Crippen LogP contribution is 2.28. The predicted molar refractivity (Wildman–Crippen MR) is 112 cm³/mol. The second kappa shape index (κ2) is 9.51. The molecule has 0 spiro atoms. The lowest BCUT2D eigenvalue weighted by Crippen LogP contribution is -2.41. The van der Waals surface area contributed by atoms with E-state index in [1.807, 2.05) is 43.3 Å². The highest BCUT2D eigenvalue weighted by molar-refractivity contribution is 5.83. The fourth-order valence-corrected chi connectivity index (χ4v) is 3.34. The molecule has 5 nitrogen and oxygen atoms in total. The third-order valence-electron chi connectivity index (χ3n) is 5.08. The zero-order valence-corrected chi connectivity index (χ0v) is 16.9. The van der Waals surface area contributed by atoms with E-state index < -0.39 is 0 Å². The molecule has 3 rings (SSSR count). The van der Waals surface area contributed by atoms with Crippen LogP contribution < -0.4 is 9.47 Å². The van der Waals surface area contributed by atoms with Gasteiger partial charge in [0.25, 0.3) is 0 Å². The maximum absolute atomic E-state index is 12.4. The summed E-state index contributed by atoms with van der Waals surface area (Å²) in [7, 11) is 1.57. The number of rotatable bonds is 6. The largest absolute Gasteiger partial charge is 0.493 e. The number of benzene rings is 2. The second-order valence-electron chi connectivity index (χ2n) is 7.29. The first-order valence-corrected chi connectivity index (χ1v) is 9.78. The van der Waals surface area contributed by atoms with Gasteiger partial charge in [-0.15, -0.1) is 0 Å². The molecule has 5 heteroatoms. The number of likely N-dealkylation sites (tertiary alicyclic amines) is 1. The molecule has 0 aliphatic carbocycles. The van der Waals surface area contributed by atoms with Gasteiger partial charge < -0.3 is 9.47 Å². The number of ether oxygens (including phenoxy) is 2. The van der Waals surface area contributed by atoms with E-state index >= 15 is 0 Å². The van der Waals surface area contributed by atoms with Gasteiger partial charge in [0.2, 0.25) is 0 Å².